The van der Waals surface area contributed by atoms with E-state index in [-0.39, 0.29) is 17.8 Å². The van der Waals surface area contributed by atoms with Crippen LogP contribution in [0, 0.1) is 11.3 Å². The number of carboxylic acid groups (broad SMARTS) is 1. The smallest absolute Gasteiger partial charge is 0.303 e. The molecule has 0 amide bonds. The fourth-order valence-corrected chi connectivity index (χ4v) is 2.99. The molecule has 2 aliphatic rings. The molecule has 114 valence electrons. The molecule has 1 aliphatic carbocycles. The third kappa shape index (κ3) is 3.56. The summed E-state index contributed by atoms with van der Waals surface area (Å²) in [7, 11) is 0. The molecule has 1 heterocycles. The lowest BCUT2D eigenvalue weighted by molar-refractivity contribution is -0.137. The third-order valence-electron chi connectivity index (χ3n) is 4.56. The van der Waals surface area contributed by atoms with Crippen LogP contribution in [0.2, 0.25) is 0 Å². The van der Waals surface area contributed by atoms with Crippen molar-refractivity contribution in [1.82, 2.24) is 5.32 Å². The van der Waals surface area contributed by atoms with Crippen LogP contribution >= 0.6 is 0 Å². The molecule has 21 heavy (non-hydrogen) atoms. The zero-order chi connectivity index (χ0) is 14.9. The van der Waals surface area contributed by atoms with Crippen molar-refractivity contribution in [3.8, 4) is 5.75 Å². The fraction of sp³-hybridized carbons (Fsp3) is 0.588. The summed E-state index contributed by atoms with van der Waals surface area (Å²) in [4.78, 5) is 11.1. The molecule has 1 unspecified atom stereocenters. The number of hydrogen-bond donors (Lipinski definition) is 2. The van der Waals surface area contributed by atoms with Gasteiger partial charge in [0, 0.05) is 18.5 Å². The maximum atomic E-state index is 11.1. The molecule has 0 spiro atoms. The molecule has 1 aliphatic heterocycles. The van der Waals surface area contributed by atoms with Gasteiger partial charge >= 0.3 is 5.97 Å². The summed E-state index contributed by atoms with van der Waals surface area (Å²) in [5.74, 6) is 0.805. The maximum absolute atomic E-state index is 11.1. The van der Waals surface area contributed by atoms with Crippen LogP contribution in [0.25, 0.3) is 0 Å². The van der Waals surface area contributed by atoms with Crippen LogP contribution in [-0.4, -0.2) is 30.8 Å². The van der Waals surface area contributed by atoms with Gasteiger partial charge < -0.3 is 15.2 Å². The standard InChI is InChI=1S/C17H23NO3/c1-17(9-18-10-17)11-21-14-4-2-3-13(7-14)15(8-16(19)20)12-5-6-12/h2-4,7,12,15,18H,5-6,8-11H2,1H3,(H,19,20). The van der Waals surface area contributed by atoms with Crippen molar-refractivity contribution in [1.29, 1.82) is 0 Å². The number of aliphatic carboxylic acids is 1. The van der Waals surface area contributed by atoms with Gasteiger partial charge in [0.15, 0.2) is 0 Å². The van der Waals surface area contributed by atoms with Crippen molar-refractivity contribution in [3.63, 3.8) is 0 Å². The Kier molecular flexibility index (Phi) is 3.89. The average Bonchev–Trinajstić information content (AvgIpc) is 3.25. The predicted molar refractivity (Wildman–Crippen MR) is 80.6 cm³/mol. The highest BCUT2D eigenvalue weighted by Gasteiger charge is 2.34. The van der Waals surface area contributed by atoms with Crippen LogP contribution in [0.4, 0.5) is 0 Å². The van der Waals surface area contributed by atoms with E-state index in [1.165, 1.54) is 0 Å². The maximum Gasteiger partial charge on any atom is 0.303 e. The minimum atomic E-state index is -0.716. The summed E-state index contributed by atoms with van der Waals surface area (Å²) in [6.45, 7) is 4.91. The van der Waals surface area contributed by atoms with Crippen LogP contribution in [0.5, 0.6) is 5.75 Å². The molecule has 3 rings (SSSR count). The van der Waals surface area contributed by atoms with E-state index in [9.17, 15) is 4.79 Å². The van der Waals surface area contributed by atoms with Gasteiger partial charge in [-0.25, -0.2) is 0 Å². The van der Waals surface area contributed by atoms with Gasteiger partial charge in [-0.1, -0.05) is 19.1 Å². The Morgan fingerprint density at radius 3 is 2.81 bits per heavy atom. The van der Waals surface area contributed by atoms with Crippen LogP contribution in [0.3, 0.4) is 0 Å². The average molecular weight is 289 g/mol. The molecule has 0 radical (unpaired) electrons. The number of carbonyl (C=O) groups is 1. The largest absolute Gasteiger partial charge is 0.493 e. The quantitative estimate of drug-likeness (QED) is 0.810. The molecule has 1 saturated heterocycles. The van der Waals surface area contributed by atoms with Crippen molar-refractivity contribution in [2.75, 3.05) is 19.7 Å². The minimum absolute atomic E-state index is 0.131. The molecule has 1 aromatic rings. The summed E-state index contributed by atoms with van der Waals surface area (Å²) in [6, 6.07) is 8.00. The number of rotatable bonds is 7. The van der Waals surface area contributed by atoms with Gasteiger partial charge in [-0.05, 0) is 42.4 Å². The topological polar surface area (TPSA) is 58.6 Å². The van der Waals surface area contributed by atoms with E-state index in [1.807, 2.05) is 24.3 Å². The third-order valence-corrected chi connectivity index (χ3v) is 4.56. The monoisotopic (exact) mass is 289 g/mol. The van der Waals surface area contributed by atoms with Gasteiger partial charge in [0.1, 0.15) is 5.75 Å². The Morgan fingerprint density at radius 1 is 1.48 bits per heavy atom. The van der Waals surface area contributed by atoms with Crippen LogP contribution in [0.15, 0.2) is 24.3 Å². The lowest BCUT2D eigenvalue weighted by atomic mass is 9.85. The highest BCUT2D eigenvalue weighted by atomic mass is 16.5. The van der Waals surface area contributed by atoms with Crippen LogP contribution < -0.4 is 10.1 Å². The van der Waals surface area contributed by atoms with E-state index < -0.39 is 5.97 Å². The number of ether oxygens (including phenoxy) is 1. The van der Waals surface area contributed by atoms with Crippen LogP contribution in [0.1, 0.15) is 37.7 Å². The first kappa shape index (κ1) is 14.4. The van der Waals surface area contributed by atoms with E-state index in [2.05, 4.69) is 12.2 Å². The van der Waals surface area contributed by atoms with E-state index >= 15 is 0 Å². The second-order valence-electron chi connectivity index (χ2n) is 6.82. The van der Waals surface area contributed by atoms with E-state index in [0.717, 1.165) is 37.2 Å². The summed E-state index contributed by atoms with van der Waals surface area (Å²) >= 11 is 0. The van der Waals surface area contributed by atoms with E-state index in [0.29, 0.717) is 12.5 Å². The van der Waals surface area contributed by atoms with Gasteiger partial charge in [0.05, 0.1) is 13.0 Å². The second kappa shape index (κ2) is 5.68. The van der Waals surface area contributed by atoms with Crippen molar-refractivity contribution in [2.24, 2.45) is 11.3 Å². The first-order valence-electron chi connectivity index (χ1n) is 7.71. The highest BCUT2D eigenvalue weighted by Crippen LogP contribution is 2.45. The highest BCUT2D eigenvalue weighted by molar-refractivity contribution is 5.68. The Bertz CT molecular complexity index is 521. The van der Waals surface area contributed by atoms with Gasteiger partial charge in [-0.3, -0.25) is 4.79 Å². The summed E-state index contributed by atoms with van der Waals surface area (Å²) in [6.07, 6.45) is 2.51. The van der Waals surface area contributed by atoms with Gasteiger partial charge in [-0.2, -0.15) is 0 Å². The van der Waals surface area contributed by atoms with Crippen LogP contribution in [-0.2, 0) is 4.79 Å². The van der Waals surface area contributed by atoms with Gasteiger partial charge in [0.2, 0.25) is 0 Å². The SMILES string of the molecule is CC1(COc2cccc(C(CC(=O)O)C3CC3)c2)CNC1. The first-order chi connectivity index (χ1) is 10.1. The second-order valence-corrected chi connectivity index (χ2v) is 6.82. The van der Waals surface area contributed by atoms with Gasteiger partial charge in [0.25, 0.3) is 0 Å². The van der Waals surface area contributed by atoms with Gasteiger partial charge in [-0.15, -0.1) is 0 Å². The Labute approximate surface area is 125 Å². The summed E-state index contributed by atoms with van der Waals surface area (Å²) in [5.41, 5.74) is 1.33. The number of carboxylic acids is 1. The number of benzene rings is 1. The summed E-state index contributed by atoms with van der Waals surface area (Å²) in [5, 5.41) is 12.4. The molecule has 0 bridgehead atoms. The zero-order valence-electron chi connectivity index (χ0n) is 12.5. The van der Waals surface area contributed by atoms with E-state index in [4.69, 9.17) is 9.84 Å². The number of hydrogen-bond acceptors (Lipinski definition) is 3. The molecule has 0 aromatic heterocycles. The molecule has 1 aromatic carbocycles. The molecule has 1 atom stereocenters. The Morgan fingerprint density at radius 2 is 2.24 bits per heavy atom. The lowest BCUT2D eigenvalue weighted by Gasteiger charge is -2.38. The molecular formula is C17H23NO3. The predicted octanol–water partition coefficient (Wildman–Crippen LogP) is 2.64. The molecule has 2 N–H and O–H groups in total. The molecule has 4 heteroatoms. The van der Waals surface area contributed by atoms with E-state index in [1.54, 1.807) is 0 Å². The zero-order valence-corrected chi connectivity index (χ0v) is 12.5. The van der Waals surface area contributed by atoms with Crippen molar-refractivity contribution in [3.05, 3.63) is 29.8 Å². The molecule has 2 fully saturated rings. The fourth-order valence-electron chi connectivity index (χ4n) is 2.99. The first-order valence-corrected chi connectivity index (χ1v) is 7.71. The van der Waals surface area contributed by atoms with Crippen molar-refractivity contribution < 1.29 is 14.6 Å². The van der Waals surface area contributed by atoms with Crippen molar-refractivity contribution in [2.45, 2.75) is 32.1 Å². The molecule has 4 nitrogen and oxygen atoms in total. The Balaban J connectivity index is 1.67. The summed E-state index contributed by atoms with van der Waals surface area (Å²) < 4.78 is 5.92. The number of nitrogens with one attached hydrogen (secondary N) is 1. The molecular weight excluding hydrogens is 266 g/mol. The normalized spacial score (nSPS) is 21.4. The lowest BCUT2D eigenvalue weighted by Crippen LogP contribution is -2.54. The molecule has 1 saturated carbocycles. The Hall–Kier alpha value is -1.55. The minimum Gasteiger partial charge on any atom is -0.493 e. The van der Waals surface area contributed by atoms with Crippen molar-refractivity contribution >= 4 is 5.97 Å².